The van der Waals surface area contributed by atoms with E-state index in [1.807, 2.05) is 6.92 Å². The summed E-state index contributed by atoms with van der Waals surface area (Å²) in [5.74, 6) is 0.0808. The molecule has 0 aromatic heterocycles. The lowest BCUT2D eigenvalue weighted by atomic mass is 9.89. The van der Waals surface area contributed by atoms with E-state index in [0.717, 1.165) is 12.5 Å². The third kappa shape index (κ3) is 3.54. The van der Waals surface area contributed by atoms with Crippen molar-refractivity contribution in [2.45, 2.75) is 25.6 Å². The molecule has 1 heterocycles. The van der Waals surface area contributed by atoms with Crippen LogP contribution in [0, 0.1) is 5.92 Å². The minimum Gasteiger partial charge on any atom is -0.381 e. The second-order valence-electron chi connectivity index (χ2n) is 4.89. The van der Waals surface area contributed by atoms with Crippen LogP contribution in [0.15, 0.2) is 22.7 Å². The molecule has 0 bridgehead atoms. The van der Waals surface area contributed by atoms with Crippen molar-refractivity contribution >= 4 is 15.9 Å². The Morgan fingerprint density at radius 3 is 2.75 bits per heavy atom. The van der Waals surface area contributed by atoms with Crippen molar-refractivity contribution in [1.82, 2.24) is 5.32 Å². The quantitative estimate of drug-likeness (QED) is 0.879. The first-order valence-corrected chi connectivity index (χ1v) is 7.40. The second-order valence-corrected chi connectivity index (χ2v) is 5.80. The predicted octanol–water partition coefficient (Wildman–Crippen LogP) is 4.16. The SMILES string of the molecule is CCNC(c1ccc(Br)cc1C(F)(F)F)C1CCOC1. The van der Waals surface area contributed by atoms with Gasteiger partial charge in [0.2, 0.25) is 0 Å². The Morgan fingerprint density at radius 2 is 2.20 bits per heavy atom. The summed E-state index contributed by atoms with van der Waals surface area (Å²) in [5, 5.41) is 3.18. The van der Waals surface area contributed by atoms with Gasteiger partial charge in [-0.15, -0.1) is 0 Å². The average Bonchev–Trinajstić information content (AvgIpc) is 2.89. The van der Waals surface area contributed by atoms with Gasteiger partial charge in [-0.25, -0.2) is 0 Å². The van der Waals surface area contributed by atoms with Crippen LogP contribution in [0.2, 0.25) is 0 Å². The first kappa shape index (κ1) is 15.8. The number of hydrogen-bond acceptors (Lipinski definition) is 2. The summed E-state index contributed by atoms with van der Waals surface area (Å²) in [6.07, 6.45) is -3.57. The minimum absolute atomic E-state index is 0.0808. The van der Waals surface area contributed by atoms with Gasteiger partial charge < -0.3 is 10.1 Å². The van der Waals surface area contributed by atoms with Gasteiger partial charge >= 0.3 is 6.18 Å². The standard InChI is InChI=1S/C14H17BrF3NO/c1-2-19-13(9-5-6-20-8-9)11-4-3-10(15)7-12(11)14(16,17)18/h3-4,7,9,13,19H,2,5-6,8H2,1H3. The Balaban J connectivity index is 2.41. The van der Waals surface area contributed by atoms with E-state index in [1.165, 1.54) is 0 Å². The highest BCUT2D eigenvalue weighted by Crippen LogP contribution is 2.39. The molecule has 1 fully saturated rings. The Hall–Kier alpha value is -0.590. The Bertz CT molecular complexity index is 458. The van der Waals surface area contributed by atoms with Crippen molar-refractivity contribution in [2.75, 3.05) is 19.8 Å². The Kier molecular flexibility index (Phi) is 5.09. The normalized spacial score (nSPS) is 21.1. The van der Waals surface area contributed by atoms with E-state index in [0.29, 0.717) is 29.8 Å². The number of nitrogens with one attached hydrogen (secondary N) is 1. The molecule has 6 heteroatoms. The van der Waals surface area contributed by atoms with Gasteiger partial charge in [-0.05, 0) is 30.7 Å². The summed E-state index contributed by atoms with van der Waals surface area (Å²) < 4.78 is 45.5. The van der Waals surface area contributed by atoms with Crippen LogP contribution in [-0.4, -0.2) is 19.8 Å². The molecule has 2 nitrogen and oxygen atoms in total. The zero-order chi connectivity index (χ0) is 14.8. The molecule has 2 rings (SSSR count). The fraction of sp³-hybridized carbons (Fsp3) is 0.571. The van der Waals surface area contributed by atoms with E-state index < -0.39 is 11.7 Å². The number of alkyl halides is 3. The zero-order valence-corrected chi connectivity index (χ0v) is 12.7. The fourth-order valence-corrected chi connectivity index (χ4v) is 2.97. The molecule has 1 saturated heterocycles. The number of benzene rings is 1. The molecule has 2 atom stereocenters. The number of halogens is 4. The second kappa shape index (κ2) is 6.45. The van der Waals surface area contributed by atoms with Gasteiger partial charge in [-0.1, -0.05) is 28.9 Å². The summed E-state index contributed by atoms with van der Waals surface area (Å²) in [5.41, 5.74) is -0.275. The minimum atomic E-state index is -4.35. The Morgan fingerprint density at radius 1 is 1.45 bits per heavy atom. The molecule has 0 saturated carbocycles. The van der Waals surface area contributed by atoms with Crippen LogP contribution >= 0.6 is 15.9 Å². The van der Waals surface area contributed by atoms with Gasteiger partial charge in [0.05, 0.1) is 12.2 Å². The van der Waals surface area contributed by atoms with E-state index in [9.17, 15) is 13.2 Å². The largest absolute Gasteiger partial charge is 0.416 e. The lowest BCUT2D eigenvalue weighted by Crippen LogP contribution is -2.30. The maximum atomic E-state index is 13.2. The van der Waals surface area contributed by atoms with Crippen LogP contribution in [0.5, 0.6) is 0 Å². The third-order valence-corrected chi connectivity index (χ3v) is 4.01. The molecule has 112 valence electrons. The number of hydrogen-bond donors (Lipinski definition) is 1. The summed E-state index contributed by atoms with van der Waals surface area (Å²) in [7, 11) is 0. The van der Waals surface area contributed by atoms with E-state index >= 15 is 0 Å². The summed E-state index contributed by atoms with van der Waals surface area (Å²) >= 11 is 3.12. The lowest BCUT2D eigenvalue weighted by molar-refractivity contribution is -0.138. The molecule has 1 aliphatic heterocycles. The van der Waals surface area contributed by atoms with Crippen LogP contribution in [0.25, 0.3) is 0 Å². The highest BCUT2D eigenvalue weighted by atomic mass is 79.9. The van der Waals surface area contributed by atoms with Crippen LogP contribution in [0.3, 0.4) is 0 Å². The molecule has 1 aromatic rings. The zero-order valence-electron chi connectivity index (χ0n) is 11.1. The molecular weight excluding hydrogens is 335 g/mol. The molecule has 1 aromatic carbocycles. The summed E-state index contributed by atoms with van der Waals surface area (Å²) in [6.45, 7) is 3.64. The van der Waals surface area contributed by atoms with Crippen molar-refractivity contribution in [3.63, 3.8) is 0 Å². The van der Waals surface area contributed by atoms with Crippen molar-refractivity contribution in [3.8, 4) is 0 Å². The maximum absolute atomic E-state index is 13.2. The van der Waals surface area contributed by atoms with Gasteiger partial charge in [0.1, 0.15) is 0 Å². The van der Waals surface area contributed by atoms with Crippen molar-refractivity contribution in [1.29, 1.82) is 0 Å². The van der Waals surface area contributed by atoms with E-state index in [-0.39, 0.29) is 12.0 Å². The third-order valence-electron chi connectivity index (χ3n) is 3.52. The molecule has 2 unspecified atom stereocenters. The topological polar surface area (TPSA) is 21.3 Å². The summed E-state index contributed by atoms with van der Waals surface area (Å²) in [6, 6.07) is 4.03. The highest BCUT2D eigenvalue weighted by molar-refractivity contribution is 9.10. The predicted molar refractivity (Wildman–Crippen MR) is 74.5 cm³/mol. The van der Waals surface area contributed by atoms with Gasteiger partial charge in [-0.2, -0.15) is 13.2 Å². The highest BCUT2D eigenvalue weighted by Gasteiger charge is 2.37. The average molecular weight is 352 g/mol. The van der Waals surface area contributed by atoms with Gasteiger partial charge in [0.15, 0.2) is 0 Å². The van der Waals surface area contributed by atoms with Crippen LogP contribution in [0.4, 0.5) is 13.2 Å². The smallest absolute Gasteiger partial charge is 0.381 e. The van der Waals surface area contributed by atoms with Crippen LogP contribution in [0.1, 0.15) is 30.5 Å². The molecular formula is C14H17BrF3NO. The fourth-order valence-electron chi connectivity index (χ4n) is 2.61. The summed E-state index contributed by atoms with van der Waals surface area (Å²) in [4.78, 5) is 0. The monoisotopic (exact) mass is 351 g/mol. The molecule has 1 aliphatic rings. The van der Waals surface area contributed by atoms with Crippen molar-refractivity contribution in [2.24, 2.45) is 5.92 Å². The molecule has 0 aliphatic carbocycles. The maximum Gasteiger partial charge on any atom is 0.416 e. The molecule has 1 N–H and O–H groups in total. The van der Waals surface area contributed by atoms with Crippen LogP contribution < -0.4 is 5.32 Å². The van der Waals surface area contributed by atoms with Gasteiger partial charge in [0, 0.05) is 23.0 Å². The van der Waals surface area contributed by atoms with E-state index in [1.54, 1.807) is 12.1 Å². The van der Waals surface area contributed by atoms with E-state index in [2.05, 4.69) is 21.2 Å². The number of ether oxygens (including phenoxy) is 1. The molecule has 0 radical (unpaired) electrons. The van der Waals surface area contributed by atoms with Gasteiger partial charge in [-0.3, -0.25) is 0 Å². The lowest BCUT2D eigenvalue weighted by Gasteiger charge is -2.27. The number of rotatable bonds is 4. The Labute approximate surface area is 124 Å². The first-order chi connectivity index (χ1) is 9.43. The van der Waals surface area contributed by atoms with Crippen molar-refractivity contribution < 1.29 is 17.9 Å². The van der Waals surface area contributed by atoms with Gasteiger partial charge in [0.25, 0.3) is 0 Å². The molecule has 0 amide bonds. The van der Waals surface area contributed by atoms with Crippen LogP contribution in [-0.2, 0) is 10.9 Å². The van der Waals surface area contributed by atoms with E-state index in [4.69, 9.17) is 4.74 Å². The van der Waals surface area contributed by atoms with Crippen molar-refractivity contribution in [3.05, 3.63) is 33.8 Å². The first-order valence-electron chi connectivity index (χ1n) is 6.61. The molecule has 0 spiro atoms. The molecule has 20 heavy (non-hydrogen) atoms.